The molecule has 1 aromatic carbocycles. The number of benzene rings is 1. The molecule has 0 aliphatic heterocycles. The highest BCUT2D eigenvalue weighted by Gasteiger charge is 2.38. The Bertz CT molecular complexity index is 491. The maximum absolute atomic E-state index is 12.6. The summed E-state index contributed by atoms with van der Waals surface area (Å²) < 4.78 is 0. The fourth-order valence-corrected chi connectivity index (χ4v) is 3.41. The molecule has 4 nitrogen and oxygen atoms in total. The van der Waals surface area contributed by atoms with Crippen molar-refractivity contribution in [3.8, 4) is 0 Å². The van der Waals surface area contributed by atoms with E-state index in [2.05, 4.69) is 37.5 Å². The van der Waals surface area contributed by atoms with Gasteiger partial charge in [-0.1, -0.05) is 30.3 Å². The number of carbonyl (C=O) groups excluding carboxylic acids is 1. The van der Waals surface area contributed by atoms with Crippen molar-refractivity contribution in [2.75, 3.05) is 27.2 Å². The van der Waals surface area contributed by atoms with Crippen molar-refractivity contribution in [1.29, 1.82) is 0 Å². The van der Waals surface area contributed by atoms with Gasteiger partial charge in [0.25, 0.3) is 0 Å². The highest BCUT2D eigenvalue weighted by atomic mass is 16.1. The van der Waals surface area contributed by atoms with Gasteiger partial charge in [-0.25, -0.2) is 0 Å². The number of nitrogens with zero attached hydrogens (tertiary/aromatic N) is 2. The van der Waals surface area contributed by atoms with Gasteiger partial charge in [0, 0.05) is 18.6 Å². The predicted molar refractivity (Wildman–Crippen MR) is 102 cm³/mol. The van der Waals surface area contributed by atoms with Crippen LogP contribution in [0.4, 0.5) is 0 Å². The lowest BCUT2D eigenvalue weighted by molar-refractivity contribution is -0.124. The van der Waals surface area contributed by atoms with Gasteiger partial charge in [-0.15, -0.1) is 0 Å². The van der Waals surface area contributed by atoms with Crippen LogP contribution >= 0.6 is 0 Å². The Morgan fingerprint density at radius 3 is 1.92 bits per heavy atom. The van der Waals surface area contributed by atoms with Crippen LogP contribution in [0.25, 0.3) is 0 Å². The summed E-state index contributed by atoms with van der Waals surface area (Å²) in [4.78, 5) is 17.1. The highest BCUT2D eigenvalue weighted by Crippen LogP contribution is 2.33. The summed E-state index contributed by atoms with van der Waals surface area (Å²) in [5.74, 6) is -0.219. The largest absolute Gasteiger partial charge is 0.369 e. The summed E-state index contributed by atoms with van der Waals surface area (Å²) in [6.45, 7) is 10.5. The second-order valence-electron chi connectivity index (χ2n) is 7.54. The van der Waals surface area contributed by atoms with Crippen molar-refractivity contribution >= 4 is 5.91 Å². The molecule has 0 aliphatic rings. The first-order chi connectivity index (χ1) is 11.2. The topological polar surface area (TPSA) is 49.6 Å². The summed E-state index contributed by atoms with van der Waals surface area (Å²) in [5, 5.41) is 0. The zero-order valence-electron chi connectivity index (χ0n) is 16.2. The molecule has 24 heavy (non-hydrogen) atoms. The average molecular weight is 334 g/mol. The number of rotatable bonds is 10. The van der Waals surface area contributed by atoms with Gasteiger partial charge in [0.15, 0.2) is 0 Å². The van der Waals surface area contributed by atoms with E-state index in [9.17, 15) is 4.79 Å². The third-order valence-corrected chi connectivity index (χ3v) is 4.91. The van der Waals surface area contributed by atoms with Crippen molar-refractivity contribution in [3.63, 3.8) is 0 Å². The number of carbonyl (C=O) groups is 1. The van der Waals surface area contributed by atoms with Crippen LogP contribution in [-0.2, 0) is 10.2 Å². The fraction of sp³-hybridized carbons (Fsp3) is 0.650. The standard InChI is InChI=1S/C20H35N3O/c1-16(2)23(17(3)4)15-13-20(19(21)24,12-14-22(5)6)18-10-8-7-9-11-18/h7-11,16-17H,12-15H2,1-6H3,(H2,21,24). The molecule has 1 unspecified atom stereocenters. The van der Waals surface area contributed by atoms with Crippen LogP contribution in [0.1, 0.15) is 46.1 Å². The zero-order valence-corrected chi connectivity index (χ0v) is 16.2. The van der Waals surface area contributed by atoms with Crippen LogP contribution in [0, 0.1) is 0 Å². The van der Waals surface area contributed by atoms with Crippen molar-refractivity contribution in [2.45, 2.75) is 58.0 Å². The van der Waals surface area contributed by atoms with Crippen molar-refractivity contribution in [2.24, 2.45) is 5.73 Å². The van der Waals surface area contributed by atoms with Crippen LogP contribution < -0.4 is 5.73 Å². The first-order valence-corrected chi connectivity index (χ1v) is 8.96. The molecule has 0 fully saturated rings. The minimum Gasteiger partial charge on any atom is -0.369 e. The Balaban J connectivity index is 3.13. The minimum atomic E-state index is -0.617. The molecule has 0 bridgehead atoms. The van der Waals surface area contributed by atoms with Gasteiger partial charge in [0.1, 0.15) is 0 Å². The Morgan fingerprint density at radius 1 is 1.00 bits per heavy atom. The van der Waals surface area contributed by atoms with Gasteiger partial charge in [-0.2, -0.15) is 0 Å². The van der Waals surface area contributed by atoms with Gasteiger partial charge < -0.3 is 10.6 Å². The maximum atomic E-state index is 12.6. The molecule has 0 heterocycles. The number of hydrogen-bond acceptors (Lipinski definition) is 3. The zero-order chi connectivity index (χ0) is 18.3. The van der Waals surface area contributed by atoms with Crippen LogP contribution in [0.2, 0.25) is 0 Å². The summed E-state index contributed by atoms with van der Waals surface area (Å²) in [6.07, 6.45) is 1.49. The number of hydrogen-bond donors (Lipinski definition) is 1. The molecule has 1 aromatic rings. The van der Waals surface area contributed by atoms with Crippen molar-refractivity contribution in [3.05, 3.63) is 35.9 Å². The molecular weight excluding hydrogens is 298 g/mol. The molecule has 2 N–H and O–H groups in total. The van der Waals surface area contributed by atoms with Gasteiger partial charge >= 0.3 is 0 Å². The second-order valence-corrected chi connectivity index (χ2v) is 7.54. The molecule has 0 saturated carbocycles. The second kappa shape index (κ2) is 9.19. The first-order valence-electron chi connectivity index (χ1n) is 8.96. The van der Waals surface area contributed by atoms with E-state index in [0.29, 0.717) is 12.1 Å². The fourth-order valence-electron chi connectivity index (χ4n) is 3.41. The molecule has 1 atom stereocenters. The third-order valence-electron chi connectivity index (χ3n) is 4.91. The maximum Gasteiger partial charge on any atom is 0.228 e. The molecule has 1 rings (SSSR count). The van der Waals surface area contributed by atoms with E-state index in [0.717, 1.165) is 31.5 Å². The average Bonchev–Trinajstić information content (AvgIpc) is 2.50. The summed E-state index contributed by atoms with van der Waals surface area (Å²) in [5.41, 5.74) is 6.37. The first kappa shape index (κ1) is 20.7. The smallest absolute Gasteiger partial charge is 0.228 e. The van der Waals surface area contributed by atoms with Crippen molar-refractivity contribution in [1.82, 2.24) is 9.80 Å². The minimum absolute atomic E-state index is 0.219. The quantitative estimate of drug-likeness (QED) is 0.716. The van der Waals surface area contributed by atoms with E-state index >= 15 is 0 Å². The van der Waals surface area contributed by atoms with E-state index in [-0.39, 0.29) is 5.91 Å². The molecule has 0 aliphatic carbocycles. The molecule has 0 spiro atoms. The third kappa shape index (κ3) is 5.32. The molecule has 1 amide bonds. The lowest BCUT2D eigenvalue weighted by atomic mass is 9.73. The van der Waals surface area contributed by atoms with E-state index in [1.165, 1.54) is 0 Å². The molecular formula is C20H35N3O. The molecule has 0 radical (unpaired) electrons. The predicted octanol–water partition coefficient (Wildman–Crippen LogP) is 2.87. The molecule has 4 heteroatoms. The monoisotopic (exact) mass is 333 g/mol. The van der Waals surface area contributed by atoms with Crippen molar-refractivity contribution < 1.29 is 4.79 Å². The number of amides is 1. The lowest BCUT2D eigenvalue weighted by Gasteiger charge is -2.37. The number of primary amides is 1. The van der Waals surface area contributed by atoms with Crippen LogP contribution in [-0.4, -0.2) is 55.0 Å². The molecule has 0 aromatic heterocycles. The Kier molecular flexibility index (Phi) is 7.91. The van der Waals surface area contributed by atoms with E-state index in [4.69, 9.17) is 5.73 Å². The highest BCUT2D eigenvalue weighted by molar-refractivity contribution is 5.86. The van der Waals surface area contributed by atoms with E-state index < -0.39 is 5.41 Å². The Hall–Kier alpha value is -1.39. The SMILES string of the molecule is CC(C)N(CCC(CCN(C)C)(C(N)=O)c1ccccc1)C(C)C. The van der Waals surface area contributed by atoms with Gasteiger partial charge in [-0.05, 0) is 66.7 Å². The summed E-state index contributed by atoms with van der Waals surface area (Å²) >= 11 is 0. The molecule has 136 valence electrons. The van der Waals surface area contributed by atoms with Gasteiger partial charge in [-0.3, -0.25) is 9.69 Å². The summed E-state index contributed by atoms with van der Waals surface area (Å²) in [7, 11) is 4.07. The normalized spacial score (nSPS) is 14.6. The van der Waals surface area contributed by atoms with Crippen LogP contribution in [0.15, 0.2) is 30.3 Å². The Morgan fingerprint density at radius 2 is 1.50 bits per heavy atom. The lowest BCUT2D eigenvalue weighted by Crippen LogP contribution is -2.47. The van der Waals surface area contributed by atoms with E-state index in [1.807, 2.05) is 44.4 Å². The molecule has 0 saturated heterocycles. The van der Waals surface area contributed by atoms with Crippen LogP contribution in [0.5, 0.6) is 0 Å². The summed E-state index contributed by atoms with van der Waals surface area (Å²) in [6, 6.07) is 10.9. The van der Waals surface area contributed by atoms with Crippen LogP contribution in [0.3, 0.4) is 0 Å². The van der Waals surface area contributed by atoms with E-state index in [1.54, 1.807) is 0 Å². The van der Waals surface area contributed by atoms with Gasteiger partial charge in [0.05, 0.1) is 5.41 Å². The Labute approximate surface area is 148 Å². The van der Waals surface area contributed by atoms with Gasteiger partial charge in [0.2, 0.25) is 5.91 Å². The number of nitrogens with two attached hydrogens (primary N) is 1.